The van der Waals surface area contributed by atoms with Gasteiger partial charge in [0.1, 0.15) is 11.5 Å². The largest absolute Gasteiger partial charge is 0.370 e. The van der Waals surface area contributed by atoms with Crippen LogP contribution in [0.3, 0.4) is 0 Å². The molecule has 1 aliphatic heterocycles. The number of pyridine rings is 1. The number of nitrogens with one attached hydrogen (secondary N) is 1. The SMILES string of the molecule is O=C(Nc1cccc(F)c1)c1ccc(N2CCCCCC2)cn1. The minimum Gasteiger partial charge on any atom is -0.370 e. The van der Waals surface area contributed by atoms with E-state index >= 15 is 0 Å². The van der Waals surface area contributed by atoms with Gasteiger partial charge in [-0.15, -0.1) is 0 Å². The summed E-state index contributed by atoms with van der Waals surface area (Å²) in [5.74, 6) is -0.717. The molecular formula is C18H20FN3O. The third-order valence-corrected chi connectivity index (χ3v) is 4.03. The number of nitrogens with zero attached hydrogens (tertiary/aromatic N) is 2. The van der Waals surface area contributed by atoms with Gasteiger partial charge in [0.2, 0.25) is 0 Å². The first-order valence-electron chi connectivity index (χ1n) is 8.00. The summed E-state index contributed by atoms with van der Waals surface area (Å²) in [6.45, 7) is 2.08. The Morgan fingerprint density at radius 1 is 1.09 bits per heavy atom. The number of amides is 1. The lowest BCUT2D eigenvalue weighted by molar-refractivity contribution is 0.102. The molecule has 1 amide bonds. The zero-order chi connectivity index (χ0) is 16.1. The van der Waals surface area contributed by atoms with E-state index in [1.165, 1.54) is 37.8 Å². The zero-order valence-electron chi connectivity index (χ0n) is 13.0. The van der Waals surface area contributed by atoms with Crippen LogP contribution in [0.1, 0.15) is 36.2 Å². The van der Waals surface area contributed by atoms with Gasteiger partial charge in [-0.25, -0.2) is 9.37 Å². The van der Waals surface area contributed by atoms with Crippen LogP contribution in [0.2, 0.25) is 0 Å². The molecule has 120 valence electrons. The average Bonchev–Trinajstić information content (AvgIpc) is 2.84. The van der Waals surface area contributed by atoms with Crippen LogP contribution in [0.25, 0.3) is 0 Å². The number of carbonyl (C=O) groups is 1. The predicted molar refractivity (Wildman–Crippen MR) is 89.3 cm³/mol. The van der Waals surface area contributed by atoms with E-state index in [1.54, 1.807) is 24.4 Å². The number of rotatable bonds is 3. The minimum atomic E-state index is -0.382. The lowest BCUT2D eigenvalue weighted by Gasteiger charge is -2.22. The normalized spacial score (nSPS) is 15.1. The Labute approximate surface area is 135 Å². The minimum absolute atomic E-state index is 0.327. The molecule has 0 atom stereocenters. The summed E-state index contributed by atoms with van der Waals surface area (Å²) in [4.78, 5) is 18.7. The highest BCUT2D eigenvalue weighted by Gasteiger charge is 2.12. The van der Waals surface area contributed by atoms with E-state index < -0.39 is 0 Å². The van der Waals surface area contributed by atoms with E-state index in [0.717, 1.165) is 18.8 Å². The molecule has 23 heavy (non-hydrogen) atoms. The van der Waals surface area contributed by atoms with Gasteiger partial charge < -0.3 is 10.2 Å². The van der Waals surface area contributed by atoms with Crippen molar-refractivity contribution in [2.75, 3.05) is 23.3 Å². The van der Waals surface area contributed by atoms with Gasteiger partial charge in [-0.2, -0.15) is 0 Å². The van der Waals surface area contributed by atoms with Gasteiger partial charge in [0.25, 0.3) is 5.91 Å². The summed E-state index contributed by atoms with van der Waals surface area (Å²) in [6.07, 6.45) is 6.69. The van der Waals surface area contributed by atoms with E-state index in [1.807, 2.05) is 6.07 Å². The maximum atomic E-state index is 13.1. The second kappa shape index (κ2) is 7.22. The number of hydrogen-bond donors (Lipinski definition) is 1. The zero-order valence-corrected chi connectivity index (χ0v) is 13.0. The molecule has 5 heteroatoms. The van der Waals surface area contributed by atoms with Crippen LogP contribution in [-0.2, 0) is 0 Å². The van der Waals surface area contributed by atoms with Gasteiger partial charge in [-0.1, -0.05) is 18.9 Å². The monoisotopic (exact) mass is 313 g/mol. The van der Waals surface area contributed by atoms with Crippen LogP contribution < -0.4 is 10.2 Å². The molecule has 0 spiro atoms. The van der Waals surface area contributed by atoms with Crippen molar-refractivity contribution in [1.29, 1.82) is 0 Å². The summed E-state index contributed by atoms with van der Waals surface area (Å²) < 4.78 is 13.1. The number of benzene rings is 1. The molecule has 2 heterocycles. The Kier molecular flexibility index (Phi) is 4.86. The van der Waals surface area contributed by atoms with Crippen molar-refractivity contribution in [3.63, 3.8) is 0 Å². The number of anilines is 2. The second-order valence-electron chi connectivity index (χ2n) is 5.77. The van der Waals surface area contributed by atoms with E-state index in [4.69, 9.17) is 0 Å². The highest BCUT2D eigenvalue weighted by atomic mass is 19.1. The molecule has 0 bridgehead atoms. The summed E-state index contributed by atoms with van der Waals surface area (Å²) in [7, 11) is 0. The maximum absolute atomic E-state index is 13.1. The molecule has 0 radical (unpaired) electrons. The third-order valence-electron chi connectivity index (χ3n) is 4.03. The Morgan fingerprint density at radius 2 is 1.87 bits per heavy atom. The molecule has 0 aliphatic carbocycles. The predicted octanol–water partition coefficient (Wildman–Crippen LogP) is 3.85. The van der Waals surface area contributed by atoms with Crippen LogP contribution in [0.4, 0.5) is 15.8 Å². The van der Waals surface area contributed by atoms with Crippen molar-refractivity contribution in [2.45, 2.75) is 25.7 Å². The Balaban J connectivity index is 1.67. The number of carbonyl (C=O) groups excluding carboxylic acids is 1. The first kappa shape index (κ1) is 15.5. The smallest absolute Gasteiger partial charge is 0.274 e. The van der Waals surface area contributed by atoms with Crippen molar-refractivity contribution in [1.82, 2.24) is 4.98 Å². The molecule has 1 aromatic heterocycles. The summed E-state index contributed by atoms with van der Waals surface area (Å²) >= 11 is 0. The average molecular weight is 313 g/mol. The van der Waals surface area contributed by atoms with Crippen LogP contribution in [-0.4, -0.2) is 24.0 Å². The summed E-state index contributed by atoms with van der Waals surface area (Å²) in [5.41, 5.74) is 1.80. The Morgan fingerprint density at radius 3 is 2.52 bits per heavy atom. The van der Waals surface area contributed by atoms with Gasteiger partial charge in [0.05, 0.1) is 11.9 Å². The van der Waals surface area contributed by atoms with E-state index in [-0.39, 0.29) is 11.7 Å². The lowest BCUT2D eigenvalue weighted by Crippen LogP contribution is -2.24. The van der Waals surface area contributed by atoms with E-state index in [9.17, 15) is 9.18 Å². The molecular weight excluding hydrogens is 293 g/mol. The highest BCUT2D eigenvalue weighted by molar-refractivity contribution is 6.02. The molecule has 1 aliphatic rings. The Hall–Kier alpha value is -2.43. The lowest BCUT2D eigenvalue weighted by atomic mass is 10.2. The quantitative estimate of drug-likeness (QED) is 0.936. The molecule has 1 N–H and O–H groups in total. The van der Waals surface area contributed by atoms with Crippen LogP contribution in [0.5, 0.6) is 0 Å². The first-order valence-corrected chi connectivity index (χ1v) is 8.00. The van der Waals surface area contributed by atoms with Gasteiger partial charge in [-0.3, -0.25) is 4.79 Å². The number of hydrogen-bond acceptors (Lipinski definition) is 3. The fourth-order valence-electron chi connectivity index (χ4n) is 2.80. The van der Waals surface area contributed by atoms with Crippen molar-refractivity contribution < 1.29 is 9.18 Å². The van der Waals surface area contributed by atoms with Crippen molar-refractivity contribution in [3.8, 4) is 0 Å². The summed E-state index contributed by atoms with van der Waals surface area (Å²) in [6, 6.07) is 9.47. The molecule has 0 unspecified atom stereocenters. The molecule has 0 saturated carbocycles. The van der Waals surface area contributed by atoms with Crippen LogP contribution in [0, 0.1) is 5.82 Å². The molecule has 1 aromatic carbocycles. The molecule has 4 nitrogen and oxygen atoms in total. The highest BCUT2D eigenvalue weighted by Crippen LogP contribution is 2.19. The van der Waals surface area contributed by atoms with Crippen LogP contribution >= 0.6 is 0 Å². The fourth-order valence-corrected chi connectivity index (χ4v) is 2.80. The number of halogens is 1. The Bertz CT molecular complexity index is 664. The topological polar surface area (TPSA) is 45.2 Å². The number of aromatic nitrogens is 1. The van der Waals surface area contributed by atoms with Crippen molar-refractivity contribution in [2.24, 2.45) is 0 Å². The van der Waals surface area contributed by atoms with Crippen LogP contribution in [0.15, 0.2) is 42.6 Å². The van der Waals surface area contributed by atoms with E-state index in [0.29, 0.717) is 11.4 Å². The van der Waals surface area contributed by atoms with Gasteiger partial charge in [-0.05, 0) is 43.2 Å². The van der Waals surface area contributed by atoms with Gasteiger partial charge in [0, 0.05) is 18.8 Å². The molecule has 2 aromatic rings. The molecule has 3 rings (SSSR count). The maximum Gasteiger partial charge on any atom is 0.274 e. The first-order chi connectivity index (χ1) is 11.2. The van der Waals surface area contributed by atoms with Crippen molar-refractivity contribution in [3.05, 3.63) is 54.1 Å². The van der Waals surface area contributed by atoms with Crippen molar-refractivity contribution >= 4 is 17.3 Å². The van der Waals surface area contributed by atoms with Gasteiger partial charge in [0.15, 0.2) is 0 Å². The fraction of sp³-hybridized carbons (Fsp3) is 0.333. The molecule has 1 fully saturated rings. The standard InChI is InChI=1S/C18H20FN3O/c19-14-6-5-7-15(12-14)21-18(23)17-9-8-16(13-20-17)22-10-3-1-2-4-11-22/h5-9,12-13H,1-4,10-11H2,(H,21,23). The summed E-state index contributed by atoms with van der Waals surface area (Å²) in [5, 5.41) is 2.65. The second-order valence-corrected chi connectivity index (χ2v) is 5.77. The third kappa shape index (κ3) is 4.06. The van der Waals surface area contributed by atoms with Gasteiger partial charge >= 0.3 is 0 Å². The molecule has 1 saturated heterocycles. The van der Waals surface area contributed by atoms with E-state index in [2.05, 4.69) is 15.2 Å².